The topological polar surface area (TPSA) is 74.6 Å². The second kappa shape index (κ2) is 10.0. The molecule has 0 saturated carbocycles. The number of carboxylic acid groups (broad SMARTS) is 2. The average Bonchev–Trinajstić information content (AvgIpc) is 2.87. The van der Waals surface area contributed by atoms with Gasteiger partial charge in [-0.1, -0.05) is 60.1 Å². The Morgan fingerprint density at radius 1 is 0.471 bits per heavy atom. The first-order valence-corrected chi connectivity index (χ1v) is 10.4. The Labute approximate surface area is 197 Å². The fraction of sp³-hybridized carbons (Fsp3) is 0. The summed E-state index contributed by atoms with van der Waals surface area (Å²) < 4.78 is 0. The molecule has 162 valence electrons. The summed E-state index contributed by atoms with van der Waals surface area (Å²) in [6, 6.07) is 28.1. The summed E-state index contributed by atoms with van der Waals surface area (Å²) in [5.74, 6) is 9.82. The molecule has 4 heteroatoms. The third kappa shape index (κ3) is 5.22. The number of rotatable bonds is 3. The maximum Gasteiger partial charge on any atom is 0.336 e. The van der Waals surface area contributed by atoms with Crippen LogP contribution in [0.15, 0.2) is 97.1 Å². The van der Waals surface area contributed by atoms with E-state index in [1.54, 1.807) is 24.3 Å². The molecule has 0 aliphatic heterocycles. The highest BCUT2D eigenvalue weighted by atomic mass is 16.4. The van der Waals surface area contributed by atoms with Gasteiger partial charge in [0.05, 0.1) is 11.1 Å². The molecule has 0 spiro atoms. The molecule has 0 atom stereocenters. The summed E-state index contributed by atoms with van der Waals surface area (Å²) in [6.45, 7) is 0. The molecule has 4 nitrogen and oxygen atoms in total. The molecule has 0 saturated heterocycles. The number of hydrogen-bond acceptors (Lipinski definition) is 2. The fourth-order valence-corrected chi connectivity index (χ4v) is 3.39. The Morgan fingerprint density at radius 3 is 1.18 bits per heavy atom. The van der Waals surface area contributed by atoms with E-state index >= 15 is 0 Å². The number of hydrogen-bond donors (Lipinski definition) is 2. The molecule has 0 unspecified atom stereocenters. The maximum absolute atomic E-state index is 12.0. The Balaban J connectivity index is 1.84. The lowest BCUT2D eigenvalue weighted by molar-refractivity contribution is 0.0684. The number of benzene rings is 4. The SMILES string of the molecule is O=C(O)c1ccc(C#Cc2ccccc2)cc1-c1cc(C#Cc2ccccc2)ccc1C(=O)O. The van der Waals surface area contributed by atoms with Gasteiger partial charge in [0.15, 0.2) is 0 Å². The van der Waals surface area contributed by atoms with E-state index in [0.29, 0.717) is 11.1 Å². The molecule has 0 amide bonds. The summed E-state index contributed by atoms with van der Waals surface area (Å²) >= 11 is 0. The van der Waals surface area contributed by atoms with Crippen LogP contribution in [0.2, 0.25) is 0 Å². The maximum atomic E-state index is 12.0. The van der Waals surface area contributed by atoms with Crippen LogP contribution in [0.5, 0.6) is 0 Å². The Hall–Kier alpha value is -5.06. The molecule has 0 fully saturated rings. The third-order valence-electron chi connectivity index (χ3n) is 5.04. The van der Waals surface area contributed by atoms with Crippen molar-refractivity contribution in [2.24, 2.45) is 0 Å². The predicted octanol–water partition coefficient (Wildman–Crippen LogP) is 5.55. The van der Waals surface area contributed by atoms with Gasteiger partial charge in [0.1, 0.15) is 0 Å². The van der Waals surface area contributed by atoms with Crippen LogP contribution < -0.4 is 0 Å². The van der Waals surface area contributed by atoms with Gasteiger partial charge in [-0.25, -0.2) is 9.59 Å². The molecular weight excluding hydrogens is 424 g/mol. The van der Waals surface area contributed by atoms with Crippen LogP contribution in [-0.4, -0.2) is 22.2 Å². The lowest BCUT2D eigenvalue weighted by Crippen LogP contribution is -2.05. The van der Waals surface area contributed by atoms with Crippen LogP contribution in [0.1, 0.15) is 43.0 Å². The summed E-state index contributed by atoms with van der Waals surface area (Å²) in [4.78, 5) is 23.9. The fourth-order valence-electron chi connectivity index (χ4n) is 3.39. The average molecular weight is 442 g/mol. The van der Waals surface area contributed by atoms with Crippen LogP contribution >= 0.6 is 0 Å². The molecule has 4 rings (SSSR count). The van der Waals surface area contributed by atoms with Crippen molar-refractivity contribution in [3.63, 3.8) is 0 Å². The number of aromatic carboxylic acids is 2. The van der Waals surface area contributed by atoms with Gasteiger partial charge in [-0.15, -0.1) is 0 Å². The van der Waals surface area contributed by atoms with E-state index in [2.05, 4.69) is 23.7 Å². The Morgan fingerprint density at radius 2 is 0.824 bits per heavy atom. The standard InChI is InChI=1S/C30H18O4/c31-29(32)25-17-15-23(13-11-21-7-3-1-4-8-21)19-27(25)28-20-24(16-18-26(28)30(33)34)14-12-22-9-5-2-6-10-22/h1-10,15-20H,(H,31,32)(H,33,34). The van der Waals surface area contributed by atoms with Gasteiger partial charge in [-0.05, 0) is 71.8 Å². The van der Waals surface area contributed by atoms with Crippen LogP contribution in [0.3, 0.4) is 0 Å². The van der Waals surface area contributed by atoms with E-state index in [9.17, 15) is 19.8 Å². The van der Waals surface area contributed by atoms with Gasteiger partial charge in [-0.2, -0.15) is 0 Å². The van der Waals surface area contributed by atoms with E-state index in [1.807, 2.05) is 60.7 Å². The first kappa shape index (κ1) is 22.1. The minimum atomic E-state index is -1.16. The van der Waals surface area contributed by atoms with E-state index in [1.165, 1.54) is 12.1 Å². The van der Waals surface area contributed by atoms with Crippen LogP contribution in [0.25, 0.3) is 11.1 Å². The second-order valence-electron chi connectivity index (χ2n) is 7.36. The number of carboxylic acids is 2. The predicted molar refractivity (Wildman–Crippen MR) is 131 cm³/mol. The first-order valence-electron chi connectivity index (χ1n) is 10.4. The molecule has 0 heterocycles. The van der Waals surface area contributed by atoms with Gasteiger partial charge in [-0.3, -0.25) is 0 Å². The molecule has 34 heavy (non-hydrogen) atoms. The van der Waals surface area contributed by atoms with E-state index in [4.69, 9.17) is 0 Å². The summed E-state index contributed by atoms with van der Waals surface area (Å²) in [7, 11) is 0. The van der Waals surface area contributed by atoms with Gasteiger partial charge < -0.3 is 10.2 Å². The Kier molecular flexibility index (Phi) is 6.54. The van der Waals surface area contributed by atoms with Gasteiger partial charge in [0.2, 0.25) is 0 Å². The zero-order valence-electron chi connectivity index (χ0n) is 17.9. The third-order valence-corrected chi connectivity index (χ3v) is 5.04. The van der Waals surface area contributed by atoms with Crippen molar-refractivity contribution in [2.45, 2.75) is 0 Å². The molecule has 0 aliphatic carbocycles. The molecule has 0 radical (unpaired) electrons. The lowest BCUT2D eigenvalue weighted by Gasteiger charge is -2.11. The van der Waals surface area contributed by atoms with Gasteiger partial charge in [0, 0.05) is 22.3 Å². The normalized spacial score (nSPS) is 9.76. The van der Waals surface area contributed by atoms with Crippen molar-refractivity contribution >= 4 is 11.9 Å². The quantitative estimate of drug-likeness (QED) is 0.408. The zero-order valence-corrected chi connectivity index (χ0v) is 17.9. The highest BCUT2D eigenvalue weighted by Crippen LogP contribution is 2.30. The first-order chi connectivity index (χ1) is 16.5. The molecule has 4 aromatic carbocycles. The summed E-state index contributed by atoms with van der Waals surface area (Å²) in [6.07, 6.45) is 0. The number of carbonyl (C=O) groups is 2. The molecule has 0 aromatic heterocycles. The molecule has 0 bridgehead atoms. The van der Waals surface area contributed by atoms with Crippen molar-refractivity contribution in [2.75, 3.05) is 0 Å². The van der Waals surface area contributed by atoms with Crippen LogP contribution in [0.4, 0.5) is 0 Å². The van der Waals surface area contributed by atoms with Crippen molar-refractivity contribution in [1.29, 1.82) is 0 Å². The second-order valence-corrected chi connectivity index (χ2v) is 7.36. The molecule has 2 N–H and O–H groups in total. The van der Waals surface area contributed by atoms with Crippen LogP contribution in [-0.2, 0) is 0 Å². The van der Waals surface area contributed by atoms with Gasteiger partial charge in [0.25, 0.3) is 0 Å². The monoisotopic (exact) mass is 442 g/mol. The van der Waals surface area contributed by atoms with E-state index < -0.39 is 11.9 Å². The minimum absolute atomic E-state index is 0.0130. The van der Waals surface area contributed by atoms with E-state index in [-0.39, 0.29) is 22.3 Å². The molecule has 4 aromatic rings. The highest BCUT2D eigenvalue weighted by Gasteiger charge is 2.18. The smallest absolute Gasteiger partial charge is 0.336 e. The zero-order chi connectivity index (χ0) is 23.9. The van der Waals surface area contributed by atoms with Crippen molar-refractivity contribution in [3.8, 4) is 34.8 Å². The van der Waals surface area contributed by atoms with Gasteiger partial charge >= 0.3 is 11.9 Å². The lowest BCUT2D eigenvalue weighted by atomic mass is 9.92. The molecule has 0 aliphatic rings. The molecular formula is C30H18O4. The van der Waals surface area contributed by atoms with Crippen LogP contribution in [0, 0.1) is 23.7 Å². The van der Waals surface area contributed by atoms with Crippen molar-refractivity contribution < 1.29 is 19.8 Å². The van der Waals surface area contributed by atoms with Crippen molar-refractivity contribution in [1.82, 2.24) is 0 Å². The Bertz CT molecular complexity index is 1380. The summed E-state index contributed by atoms with van der Waals surface area (Å²) in [5.41, 5.74) is 3.29. The highest BCUT2D eigenvalue weighted by molar-refractivity contribution is 6.02. The largest absolute Gasteiger partial charge is 0.478 e. The minimum Gasteiger partial charge on any atom is -0.478 e. The van der Waals surface area contributed by atoms with E-state index in [0.717, 1.165) is 11.1 Å². The summed E-state index contributed by atoms with van der Waals surface area (Å²) in [5, 5.41) is 19.5. The van der Waals surface area contributed by atoms with Crippen molar-refractivity contribution in [3.05, 3.63) is 130 Å².